The lowest BCUT2D eigenvalue weighted by atomic mass is 10.3. The fraction of sp³-hybridized carbons (Fsp3) is 0.778. The van der Waals surface area contributed by atoms with Gasteiger partial charge >= 0.3 is 12.0 Å². The fourth-order valence-electron chi connectivity index (χ4n) is 1.54. The Balaban J connectivity index is 2.33. The van der Waals surface area contributed by atoms with Crippen molar-refractivity contribution in [2.75, 3.05) is 20.1 Å². The second-order valence-corrected chi connectivity index (χ2v) is 3.69. The molecule has 1 aliphatic heterocycles. The van der Waals surface area contributed by atoms with Gasteiger partial charge in [-0.05, 0) is 13.3 Å². The molecule has 1 aliphatic rings. The number of nitrogens with zero attached hydrogens (tertiary/aromatic N) is 2. The molecule has 1 fully saturated rings. The minimum Gasteiger partial charge on any atom is -0.481 e. The van der Waals surface area contributed by atoms with E-state index in [1.165, 1.54) is 0 Å². The highest BCUT2D eigenvalue weighted by atomic mass is 16.4. The molecule has 0 spiro atoms. The van der Waals surface area contributed by atoms with Gasteiger partial charge in [0, 0.05) is 32.6 Å². The van der Waals surface area contributed by atoms with Gasteiger partial charge in [0.05, 0.1) is 0 Å². The molecule has 80 valence electrons. The first-order valence-electron chi connectivity index (χ1n) is 4.76. The van der Waals surface area contributed by atoms with Crippen LogP contribution >= 0.6 is 0 Å². The zero-order valence-corrected chi connectivity index (χ0v) is 8.56. The predicted molar refractivity (Wildman–Crippen MR) is 51.1 cm³/mol. The lowest BCUT2D eigenvalue weighted by Gasteiger charge is -2.14. The highest BCUT2D eigenvalue weighted by Gasteiger charge is 2.30. The molecule has 0 aromatic carbocycles. The van der Waals surface area contributed by atoms with Gasteiger partial charge in [0.15, 0.2) is 0 Å². The summed E-state index contributed by atoms with van der Waals surface area (Å²) in [5, 5.41) is 8.44. The van der Waals surface area contributed by atoms with Crippen LogP contribution in [0.1, 0.15) is 19.8 Å². The minimum atomic E-state index is -0.807. The van der Waals surface area contributed by atoms with Crippen LogP contribution in [0.5, 0.6) is 0 Å². The first-order valence-corrected chi connectivity index (χ1v) is 4.76. The third kappa shape index (κ3) is 2.37. The highest BCUT2D eigenvalue weighted by molar-refractivity contribution is 5.76. The summed E-state index contributed by atoms with van der Waals surface area (Å²) in [6.07, 6.45) is 0.656. The molecule has 14 heavy (non-hydrogen) atoms. The normalized spacial score (nSPS) is 21.9. The molecule has 2 amide bonds. The van der Waals surface area contributed by atoms with Gasteiger partial charge in [0.25, 0.3) is 0 Å². The van der Waals surface area contributed by atoms with Crippen LogP contribution in [0.4, 0.5) is 4.79 Å². The summed E-state index contributed by atoms with van der Waals surface area (Å²) < 4.78 is 0. The van der Waals surface area contributed by atoms with E-state index in [-0.39, 0.29) is 18.5 Å². The van der Waals surface area contributed by atoms with Crippen molar-refractivity contribution in [3.8, 4) is 0 Å². The van der Waals surface area contributed by atoms with E-state index in [1.807, 2.05) is 6.92 Å². The van der Waals surface area contributed by atoms with Crippen molar-refractivity contribution in [1.29, 1.82) is 0 Å². The van der Waals surface area contributed by atoms with Crippen molar-refractivity contribution in [3.63, 3.8) is 0 Å². The number of amides is 2. The number of urea groups is 1. The van der Waals surface area contributed by atoms with Crippen molar-refractivity contribution in [2.24, 2.45) is 0 Å². The van der Waals surface area contributed by atoms with Crippen LogP contribution in [0.3, 0.4) is 0 Å². The average Bonchev–Trinajstić information content (AvgIpc) is 2.33. The van der Waals surface area contributed by atoms with E-state index in [0.717, 1.165) is 0 Å². The molecule has 0 saturated carbocycles. The van der Waals surface area contributed by atoms with Crippen molar-refractivity contribution in [1.82, 2.24) is 9.80 Å². The molecule has 1 rings (SSSR count). The maximum atomic E-state index is 11.5. The summed E-state index contributed by atoms with van der Waals surface area (Å²) in [5.41, 5.74) is 0. The first-order chi connectivity index (χ1) is 6.52. The third-order valence-electron chi connectivity index (χ3n) is 2.54. The van der Waals surface area contributed by atoms with Gasteiger partial charge in [-0.1, -0.05) is 0 Å². The molecule has 1 atom stereocenters. The SMILES string of the molecule is CC1CN(CCCC(=O)O)C(=O)N1C. The van der Waals surface area contributed by atoms with Crippen molar-refractivity contribution < 1.29 is 14.7 Å². The number of hydrogen-bond donors (Lipinski definition) is 1. The van der Waals surface area contributed by atoms with Gasteiger partial charge < -0.3 is 14.9 Å². The molecule has 1 heterocycles. The minimum absolute atomic E-state index is 0.00267. The first kappa shape index (κ1) is 10.8. The number of carbonyl (C=O) groups is 2. The smallest absolute Gasteiger partial charge is 0.320 e. The molecule has 0 bridgehead atoms. The van der Waals surface area contributed by atoms with E-state index < -0.39 is 5.97 Å². The molecule has 1 saturated heterocycles. The monoisotopic (exact) mass is 200 g/mol. The molecule has 1 unspecified atom stereocenters. The van der Waals surface area contributed by atoms with Crippen molar-refractivity contribution >= 4 is 12.0 Å². The zero-order valence-electron chi connectivity index (χ0n) is 8.56. The maximum Gasteiger partial charge on any atom is 0.320 e. The summed E-state index contributed by atoms with van der Waals surface area (Å²) in [7, 11) is 1.77. The van der Waals surface area contributed by atoms with Gasteiger partial charge in [-0.25, -0.2) is 4.79 Å². The molecular formula is C9H16N2O3. The molecule has 0 radical (unpaired) electrons. The summed E-state index contributed by atoms with van der Waals surface area (Å²) in [6.45, 7) is 3.23. The van der Waals surface area contributed by atoms with Gasteiger partial charge in [-0.15, -0.1) is 0 Å². The summed E-state index contributed by atoms with van der Waals surface area (Å²) in [4.78, 5) is 25.1. The van der Waals surface area contributed by atoms with Crippen LogP contribution in [0.15, 0.2) is 0 Å². The zero-order chi connectivity index (χ0) is 10.7. The third-order valence-corrected chi connectivity index (χ3v) is 2.54. The summed E-state index contributed by atoms with van der Waals surface area (Å²) in [5.74, 6) is -0.807. The number of likely N-dealkylation sites (N-methyl/N-ethyl adjacent to an activating group) is 1. The van der Waals surface area contributed by atoms with E-state index in [4.69, 9.17) is 5.11 Å². The van der Waals surface area contributed by atoms with Gasteiger partial charge in [-0.2, -0.15) is 0 Å². The Bertz CT molecular complexity index is 242. The Labute approximate surface area is 83.3 Å². The Morgan fingerprint density at radius 3 is 2.71 bits per heavy atom. The number of hydrogen-bond acceptors (Lipinski definition) is 2. The van der Waals surface area contributed by atoms with Crippen molar-refractivity contribution in [3.05, 3.63) is 0 Å². The number of rotatable bonds is 4. The largest absolute Gasteiger partial charge is 0.481 e. The second-order valence-electron chi connectivity index (χ2n) is 3.69. The number of carbonyl (C=O) groups excluding carboxylic acids is 1. The molecule has 5 nitrogen and oxygen atoms in total. The quantitative estimate of drug-likeness (QED) is 0.723. The average molecular weight is 200 g/mol. The molecule has 0 aliphatic carbocycles. The highest BCUT2D eigenvalue weighted by Crippen LogP contribution is 2.13. The predicted octanol–water partition coefficient (Wildman–Crippen LogP) is 0.607. The van der Waals surface area contributed by atoms with Crippen LogP contribution in [0, 0.1) is 0 Å². The maximum absolute atomic E-state index is 11.5. The second kappa shape index (κ2) is 4.30. The van der Waals surface area contributed by atoms with Crippen LogP contribution < -0.4 is 0 Å². The summed E-state index contributed by atoms with van der Waals surface area (Å²) >= 11 is 0. The molecular weight excluding hydrogens is 184 g/mol. The Morgan fingerprint density at radius 1 is 1.64 bits per heavy atom. The Kier molecular flexibility index (Phi) is 3.33. The van der Waals surface area contributed by atoms with E-state index in [9.17, 15) is 9.59 Å². The van der Waals surface area contributed by atoms with Crippen LogP contribution in [0.2, 0.25) is 0 Å². The topological polar surface area (TPSA) is 60.9 Å². The number of carboxylic acid groups (broad SMARTS) is 1. The summed E-state index contributed by atoms with van der Waals surface area (Å²) in [6, 6.07) is 0.232. The Morgan fingerprint density at radius 2 is 2.29 bits per heavy atom. The van der Waals surface area contributed by atoms with Crippen LogP contribution in [-0.2, 0) is 4.79 Å². The number of carboxylic acids is 1. The molecule has 0 aromatic heterocycles. The van der Waals surface area contributed by atoms with E-state index in [1.54, 1.807) is 16.8 Å². The van der Waals surface area contributed by atoms with Gasteiger partial charge in [0.2, 0.25) is 0 Å². The van der Waals surface area contributed by atoms with Crippen LogP contribution in [0.25, 0.3) is 0 Å². The van der Waals surface area contributed by atoms with Gasteiger partial charge in [0.1, 0.15) is 0 Å². The fourth-order valence-corrected chi connectivity index (χ4v) is 1.54. The number of aliphatic carboxylic acids is 1. The molecule has 1 N–H and O–H groups in total. The van der Waals surface area contributed by atoms with Gasteiger partial charge in [-0.3, -0.25) is 4.79 Å². The van der Waals surface area contributed by atoms with E-state index in [0.29, 0.717) is 19.5 Å². The standard InChI is InChI=1S/C9H16N2O3/c1-7-6-11(9(14)10(7)2)5-3-4-8(12)13/h7H,3-6H2,1-2H3,(H,12,13). The van der Waals surface area contributed by atoms with E-state index in [2.05, 4.69) is 0 Å². The lowest BCUT2D eigenvalue weighted by Crippen LogP contribution is -2.31. The molecule has 5 heteroatoms. The lowest BCUT2D eigenvalue weighted by molar-refractivity contribution is -0.137. The Hall–Kier alpha value is -1.26. The van der Waals surface area contributed by atoms with E-state index >= 15 is 0 Å². The van der Waals surface area contributed by atoms with Crippen LogP contribution in [-0.4, -0.2) is 53.1 Å². The van der Waals surface area contributed by atoms with Crippen molar-refractivity contribution in [2.45, 2.75) is 25.8 Å². The molecule has 0 aromatic rings.